The van der Waals surface area contributed by atoms with E-state index in [2.05, 4.69) is 54.3 Å². The summed E-state index contributed by atoms with van der Waals surface area (Å²) in [5, 5.41) is 26.7. The minimum absolute atomic E-state index is 0.222. The lowest BCUT2D eigenvalue weighted by Crippen LogP contribution is -2.37. The van der Waals surface area contributed by atoms with Gasteiger partial charge in [0.15, 0.2) is 0 Å². The van der Waals surface area contributed by atoms with E-state index in [0.717, 1.165) is 12.8 Å². The van der Waals surface area contributed by atoms with Crippen molar-refractivity contribution in [1.29, 1.82) is 0 Å². The van der Waals surface area contributed by atoms with Crippen molar-refractivity contribution in [2.24, 2.45) is 0 Å². The lowest BCUT2D eigenvalue weighted by molar-refractivity contribution is -0.205. The topological polar surface area (TPSA) is 77.8 Å². The molecule has 0 radical (unpaired) electrons. The van der Waals surface area contributed by atoms with Gasteiger partial charge in [0, 0.05) is 19.3 Å². The highest BCUT2D eigenvalue weighted by Crippen LogP contribution is 2.11. The standard InChI is InChI=1S/C20H24O4/c1-2-3-4-5-6-7-8-9-10-11-12-13-14-15-16-17-18-20(23,24)19(21)22/h23-24H,2-5,8,15-18H2,1H3,(H,21,22). The zero-order valence-corrected chi connectivity index (χ0v) is 14.1. The molecule has 4 nitrogen and oxygen atoms in total. The normalized spacial score (nSPS) is 9.12. The zero-order chi connectivity index (χ0) is 18.1. The molecule has 0 aromatic heterocycles. The van der Waals surface area contributed by atoms with Gasteiger partial charge in [-0.25, -0.2) is 4.79 Å². The van der Waals surface area contributed by atoms with Crippen molar-refractivity contribution in [2.45, 2.75) is 70.5 Å². The zero-order valence-electron chi connectivity index (χ0n) is 14.1. The molecule has 3 N–H and O–H groups in total. The number of hydrogen-bond donors (Lipinski definition) is 3. The molecule has 0 aromatic carbocycles. The quantitative estimate of drug-likeness (QED) is 0.363. The van der Waals surface area contributed by atoms with Gasteiger partial charge in [0.2, 0.25) is 0 Å². The molecule has 0 aliphatic heterocycles. The number of carboxylic acids is 1. The van der Waals surface area contributed by atoms with Gasteiger partial charge in [-0.2, -0.15) is 0 Å². The Morgan fingerprint density at radius 3 is 2.12 bits per heavy atom. The van der Waals surface area contributed by atoms with E-state index < -0.39 is 11.8 Å². The summed E-state index contributed by atoms with van der Waals surface area (Å²) >= 11 is 0. The van der Waals surface area contributed by atoms with Crippen LogP contribution in [0.25, 0.3) is 0 Å². The molecule has 0 spiro atoms. The molecule has 0 unspecified atom stereocenters. The van der Waals surface area contributed by atoms with Gasteiger partial charge in [-0.1, -0.05) is 37.5 Å². The highest BCUT2D eigenvalue weighted by molar-refractivity contribution is 5.74. The van der Waals surface area contributed by atoms with Gasteiger partial charge in [0.05, 0.1) is 6.42 Å². The minimum atomic E-state index is -2.65. The van der Waals surface area contributed by atoms with Crippen LogP contribution in [0.1, 0.15) is 64.7 Å². The van der Waals surface area contributed by atoms with Crippen LogP contribution in [0.3, 0.4) is 0 Å². The Morgan fingerprint density at radius 1 is 0.833 bits per heavy atom. The summed E-state index contributed by atoms with van der Waals surface area (Å²) in [5.41, 5.74) is 0. The largest absolute Gasteiger partial charge is 0.477 e. The number of hydrogen-bond acceptors (Lipinski definition) is 3. The molecule has 0 amide bonds. The van der Waals surface area contributed by atoms with Crippen molar-refractivity contribution in [3.8, 4) is 47.4 Å². The number of rotatable bonds is 8. The first-order valence-corrected chi connectivity index (χ1v) is 8.10. The van der Waals surface area contributed by atoms with Crippen molar-refractivity contribution in [3.05, 3.63) is 0 Å². The van der Waals surface area contributed by atoms with E-state index in [-0.39, 0.29) is 6.42 Å². The molecule has 0 bridgehead atoms. The monoisotopic (exact) mass is 328 g/mol. The van der Waals surface area contributed by atoms with Gasteiger partial charge in [0.1, 0.15) is 0 Å². The maximum atomic E-state index is 10.4. The molecule has 0 rings (SSSR count). The number of aliphatic hydroxyl groups is 2. The summed E-state index contributed by atoms with van der Waals surface area (Å²) in [6, 6.07) is 0. The number of unbranched alkanes of at least 4 members (excludes halogenated alkanes) is 5. The van der Waals surface area contributed by atoms with Gasteiger partial charge >= 0.3 is 5.97 Å². The molecule has 0 aliphatic rings. The van der Waals surface area contributed by atoms with Crippen molar-refractivity contribution in [1.82, 2.24) is 0 Å². The number of aliphatic carboxylic acids is 1. The van der Waals surface area contributed by atoms with Gasteiger partial charge in [-0.3, -0.25) is 0 Å². The summed E-state index contributed by atoms with van der Waals surface area (Å²) < 4.78 is 0. The SMILES string of the molecule is CCCCCC#CCC#CC#CC#CCCCCC(O)(O)C(=O)O. The van der Waals surface area contributed by atoms with E-state index in [4.69, 9.17) is 15.3 Å². The molecule has 24 heavy (non-hydrogen) atoms. The summed E-state index contributed by atoms with van der Waals surface area (Å²) in [7, 11) is 0. The first-order valence-electron chi connectivity index (χ1n) is 8.10. The van der Waals surface area contributed by atoms with E-state index >= 15 is 0 Å². The summed E-state index contributed by atoms with van der Waals surface area (Å²) in [6.45, 7) is 2.16. The Kier molecular flexibility index (Phi) is 12.8. The first kappa shape index (κ1) is 21.6. The highest BCUT2D eigenvalue weighted by atomic mass is 16.5. The predicted octanol–water partition coefficient (Wildman–Crippen LogP) is 2.30. The van der Waals surface area contributed by atoms with E-state index in [1.807, 2.05) is 0 Å². The molecule has 0 aromatic rings. The lowest BCUT2D eigenvalue weighted by Gasteiger charge is -2.15. The van der Waals surface area contributed by atoms with Gasteiger partial charge in [-0.15, -0.1) is 5.92 Å². The Balaban J connectivity index is 3.80. The third-order valence-corrected chi connectivity index (χ3v) is 2.99. The molecule has 128 valence electrons. The van der Waals surface area contributed by atoms with Gasteiger partial charge < -0.3 is 15.3 Å². The Bertz CT molecular complexity index is 615. The summed E-state index contributed by atoms with van der Waals surface area (Å²) in [5.74, 6) is 17.9. The van der Waals surface area contributed by atoms with E-state index in [1.54, 1.807) is 0 Å². The Hall–Kier alpha value is -2.37. The van der Waals surface area contributed by atoms with Crippen LogP contribution in [-0.2, 0) is 4.79 Å². The van der Waals surface area contributed by atoms with Crippen LogP contribution in [-0.4, -0.2) is 27.1 Å². The number of carboxylic acid groups (broad SMARTS) is 1. The molecule has 0 saturated heterocycles. The van der Waals surface area contributed by atoms with E-state index in [0.29, 0.717) is 25.7 Å². The van der Waals surface area contributed by atoms with Crippen LogP contribution in [0.5, 0.6) is 0 Å². The van der Waals surface area contributed by atoms with Crippen LogP contribution >= 0.6 is 0 Å². The highest BCUT2D eigenvalue weighted by Gasteiger charge is 2.31. The number of carbonyl (C=O) groups is 1. The minimum Gasteiger partial charge on any atom is -0.477 e. The average Bonchev–Trinajstić information content (AvgIpc) is 2.54. The van der Waals surface area contributed by atoms with Crippen molar-refractivity contribution in [3.63, 3.8) is 0 Å². The lowest BCUT2D eigenvalue weighted by atomic mass is 10.1. The fraction of sp³-hybridized carbons (Fsp3) is 0.550. The molecular weight excluding hydrogens is 304 g/mol. The third-order valence-electron chi connectivity index (χ3n) is 2.99. The molecule has 0 saturated carbocycles. The maximum absolute atomic E-state index is 10.4. The van der Waals surface area contributed by atoms with Crippen molar-refractivity contribution < 1.29 is 20.1 Å². The van der Waals surface area contributed by atoms with Gasteiger partial charge in [-0.05, 0) is 42.9 Å². The van der Waals surface area contributed by atoms with E-state index in [1.165, 1.54) is 12.8 Å². The molecular formula is C20H24O4. The van der Waals surface area contributed by atoms with Crippen LogP contribution in [0.2, 0.25) is 0 Å². The van der Waals surface area contributed by atoms with Crippen LogP contribution in [0.15, 0.2) is 0 Å². The molecule has 4 heteroatoms. The fourth-order valence-electron chi connectivity index (χ4n) is 1.61. The van der Waals surface area contributed by atoms with Crippen molar-refractivity contribution in [2.75, 3.05) is 0 Å². The maximum Gasteiger partial charge on any atom is 0.364 e. The Morgan fingerprint density at radius 2 is 1.46 bits per heavy atom. The molecule has 0 aliphatic carbocycles. The van der Waals surface area contributed by atoms with Crippen LogP contribution < -0.4 is 0 Å². The second-order valence-corrected chi connectivity index (χ2v) is 5.17. The van der Waals surface area contributed by atoms with Gasteiger partial charge in [0.25, 0.3) is 5.79 Å². The Labute approximate surface area is 144 Å². The molecule has 0 fully saturated rings. The van der Waals surface area contributed by atoms with Crippen LogP contribution in [0.4, 0.5) is 0 Å². The first-order chi connectivity index (χ1) is 11.5. The van der Waals surface area contributed by atoms with Crippen molar-refractivity contribution >= 4 is 5.97 Å². The van der Waals surface area contributed by atoms with Crippen LogP contribution in [0, 0.1) is 47.4 Å². The molecule has 0 heterocycles. The second-order valence-electron chi connectivity index (χ2n) is 5.17. The average molecular weight is 328 g/mol. The predicted molar refractivity (Wildman–Crippen MR) is 93.1 cm³/mol. The smallest absolute Gasteiger partial charge is 0.364 e. The summed E-state index contributed by atoms with van der Waals surface area (Å²) in [6.07, 6.45) is 6.22. The fourth-order valence-corrected chi connectivity index (χ4v) is 1.61. The second kappa shape index (κ2) is 14.2. The molecule has 0 atom stereocenters. The third kappa shape index (κ3) is 13.3. The van der Waals surface area contributed by atoms with E-state index in [9.17, 15) is 4.79 Å². The summed E-state index contributed by atoms with van der Waals surface area (Å²) in [4.78, 5) is 10.4.